The van der Waals surface area contributed by atoms with Crippen molar-refractivity contribution >= 4 is 5.97 Å². The molecule has 3 aromatic rings. The molecule has 2 atom stereocenters. The first-order valence-electron chi connectivity index (χ1n) is 13.1. The number of hydrogen-bond donors (Lipinski definition) is 1. The van der Waals surface area contributed by atoms with E-state index in [4.69, 9.17) is 18.9 Å². The zero-order valence-corrected chi connectivity index (χ0v) is 24.0. The highest BCUT2D eigenvalue weighted by Gasteiger charge is 2.33. The summed E-state index contributed by atoms with van der Waals surface area (Å²) >= 11 is 0. The second-order valence-corrected chi connectivity index (χ2v) is 10.4. The fourth-order valence-electron chi connectivity index (χ4n) is 4.79. The summed E-state index contributed by atoms with van der Waals surface area (Å²) in [6.45, 7) is 5.30. The van der Waals surface area contributed by atoms with Crippen molar-refractivity contribution < 1.29 is 38.0 Å². The van der Waals surface area contributed by atoms with Gasteiger partial charge in [-0.3, -0.25) is 4.79 Å². The molecule has 0 aliphatic rings. The van der Waals surface area contributed by atoms with Crippen molar-refractivity contribution in [2.24, 2.45) is 5.41 Å². The Labute approximate surface area is 235 Å². The van der Waals surface area contributed by atoms with E-state index in [1.165, 1.54) is 13.2 Å². The number of carbonyl (C=O) groups is 1. The molecular weight excluding hydrogens is 515 g/mol. The molecule has 3 aromatic carbocycles. The van der Waals surface area contributed by atoms with Gasteiger partial charge in [0.05, 0.1) is 40.0 Å². The predicted molar refractivity (Wildman–Crippen MR) is 151 cm³/mol. The van der Waals surface area contributed by atoms with Gasteiger partial charge in [-0.25, -0.2) is 4.39 Å². The molecular formula is C32H39FO7. The van der Waals surface area contributed by atoms with Crippen molar-refractivity contribution in [1.29, 1.82) is 0 Å². The van der Waals surface area contributed by atoms with E-state index in [-0.39, 0.29) is 30.2 Å². The second-order valence-electron chi connectivity index (χ2n) is 10.4. The Hall–Kier alpha value is -3.46. The highest BCUT2D eigenvalue weighted by atomic mass is 19.1. The van der Waals surface area contributed by atoms with Crippen LogP contribution in [0.5, 0.6) is 11.5 Å². The van der Waals surface area contributed by atoms with Gasteiger partial charge >= 0.3 is 5.97 Å². The first kappa shape index (κ1) is 31.1. The fourth-order valence-corrected chi connectivity index (χ4v) is 4.79. The van der Waals surface area contributed by atoms with Crippen molar-refractivity contribution in [3.8, 4) is 22.6 Å². The minimum absolute atomic E-state index is 0.130. The molecule has 0 fully saturated rings. The van der Waals surface area contributed by atoms with Gasteiger partial charge in [-0.2, -0.15) is 0 Å². The maximum absolute atomic E-state index is 15.2. The van der Waals surface area contributed by atoms with Gasteiger partial charge in [0.15, 0.2) is 0 Å². The molecule has 1 N–H and O–H groups in total. The maximum atomic E-state index is 15.2. The van der Waals surface area contributed by atoms with E-state index in [1.54, 1.807) is 57.7 Å². The van der Waals surface area contributed by atoms with Crippen LogP contribution < -0.4 is 9.47 Å². The number of ether oxygens (including phenoxy) is 5. The fraction of sp³-hybridized carbons (Fsp3) is 0.406. The Morgan fingerprint density at radius 3 is 2.38 bits per heavy atom. The van der Waals surface area contributed by atoms with Crippen molar-refractivity contribution in [3.05, 3.63) is 83.2 Å². The van der Waals surface area contributed by atoms with E-state index < -0.39 is 12.1 Å². The molecule has 0 spiro atoms. The summed E-state index contributed by atoms with van der Waals surface area (Å²) < 4.78 is 42.4. The van der Waals surface area contributed by atoms with Crippen molar-refractivity contribution in [3.63, 3.8) is 0 Å². The van der Waals surface area contributed by atoms with Gasteiger partial charge in [0.2, 0.25) is 0 Å². The Bertz CT molecular complexity index is 1270. The molecule has 0 saturated heterocycles. The number of hydrogen-bond acceptors (Lipinski definition) is 7. The quantitative estimate of drug-likeness (QED) is 0.242. The van der Waals surface area contributed by atoms with Crippen LogP contribution in [0.4, 0.5) is 4.39 Å². The van der Waals surface area contributed by atoms with Crippen LogP contribution >= 0.6 is 0 Å². The average Bonchev–Trinajstić information content (AvgIpc) is 2.95. The molecule has 0 heterocycles. The number of aliphatic hydroxyl groups is 1. The summed E-state index contributed by atoms with van der Waals surface area (Å²) in [6.07, 6.45) is -1.15. The molecule has 0 aliphatic heterocycles. The Balaban J connectivity index is 1.99. The number of halogens is 1. The van der Waals surface area contributed by atoms with Gasteiger partial charge < -0.3 is 28.8 Å². The summed E-state index contributed by atoms with van der Waals surface area (Å²) in [5.74, 6) is 0.118. The normalized spacial score (nSPS) is 13.0. The van der Waals surface area contributed by atoms with E-state index in [0.717, 1.165) is 16.7 Å². The van der Waals surface area contributed by atoms with Crippen LogP contribution in [-0.4, -0.2) is 52.7 Å². The van der Waals surface area contributed by atoms with Crippen LogP contribution in [0.1, 0.15) is 49.0 Å². The Kier molecular flexibility index (Phi) is 11.1. The van der Waals surface area contributed by atoms with Gasteiger partial charge in [0.25, 0.3) is 0 Å². The van der Waals surface area contributed by atoms with E-state index in [2.05, 4.69) is 18.6 Å². The third-order valence-corrected chi connectivity index (χ3v) is 6.98. The molecule has 0 bridgehead atoms. The maximum Gasteiger partial charge on any atom is 0.308 e. The lowest BCUT2D eigenvalue weighted by Crippen LogP contribution is -2.31. The molecule has 0 aliphatic carbocycles. The number of methoxy groups -OCH3 is 4. The van der Waals surface area contributed by atoms with Gasteiger partial charge in [-0.05, 0) is 58.0 Å². The monoisotopic (exact) mass is 554 g/mol. The van der Waals surface area contributed by atoms with E-state index in [0.29, 0.717) is 35.8 Å². The molecule has 216 valence electrons. The minimum atomic E-state index is -1.00. The zero-order valence-electron chi connectivity index (χ0n) is 24.0. The second kappa shape index (κ2) is 14.3. The molecule has 0 saturated carbocycles. The summed E-state index contributed by atoms with van der Waals surface area (Å²) in [5.41, 5.74) is 3.16. The molecule has 0 aromatic heterocycles. The topological polar surface area (TPSA) is 83.5 Å². The van der Waals surface area contributed by atoms with E-state index in [1.807, 2.05) is 18.2 Å². The SMILES string of the molecule is COCC(c1cc(COc2cccc([C@H](O)CC(=O)OC)c2)ccc1-c1cc(OC)ccc1F)C(C)(C)COC. The number of aliphatic hydroxyl groups excluding tert-OH is 1. The molecule has 7 nitrogen and oxygen atoms in total. The standard InChI is InChI=1S/C32H39FO7/c1-32(2,20-37-4)28(19-36-3)26-14-21(10-12-25(26)27-16-23(38-5)11-13-29(27)33)18-40-24-9-7-8-22(15-24)30(34)17-31(35)39-6/h7-16,28,30,34H,17-20H2,1-6H3/t28?,30-/m1/s1. The Morgan fingerprint density at radius 1 is 0.925 bits per heavy atom. The summed E-state index contributed by atoms with van der Waals surface area (Å²) in [7, 11) is 6.15. The van der Waals surface area contributed by atoms with E-state index >= 15 is 4.39 Å². The first-order chi connectivity index (χ1) is 19.1. The van der Waals surface area contributed by atoms with Crippen molar-refractivity contribution in [2.45, 2.75) is 38.9 Å². The van der Waals surface area contributed by atoms with Gasteiger partial charge in [0, 0.05) is 25.7 Å². The largest absolute Gasteiger partial charge is 0.497 e. The summed E-state index contributed by atoms with van der Waals surface area (Å²) in [5, 5.41) is 10.4. The molecule has 1 unspecified atom stereocenters. The minimum Gasteiger partial charge on any atom is -0.497 e. The molecule has 8 heteroatoms. The van der Waals surface area contributed by atoms with Crippen LogP contribution in [0.15, 0.2) is 60.7 Å². The molecule has 3 rings (SSSR count). The highest BCUT2D eigenvalue weighted by Crippen LogP contribution is 2.42. The van der Waals surface area contributed by atoms with Crippen molar-refractivity contribution in [1.82, 2.24) is 0 Å². The number of rotatable bonds is 14. The number of benzene rings is 3. The Morgan fingerprint density at radius 2 is 1.70 bits per heavy atom. The predicted octanol–water partition coefficient (Wildman–Crippen LogP) is 6.08. The van der Waals surface area contributed by atoms with Crippen LogP contribution in [0, 0.1) is 11.2 Å². The average molecular weight is 555 g/mol. The van der Waals surface area contributed by atoms with Crippen LogP contribution in [-0.2, 0) is 25.6 Å². The van der Waals surface area contributed by atoms with Crippen molar-refractivity contribution in [2.75, 3.05) is 41.7 Å². The highest BCUT2D eigenvalue weighted by molar-refractivity contribution is 5.71. The number of esters is 1. The van der Waals surface area contributed by atoms with Gasteiger partial charge in [0.1, 0.15) is 23.9 Å². The zero-order chi connectivity index (χ0) is 29.3. The lowest BCUT2D eigenvalue weighted by molar-refractivity contribution is -0.142. The van der Waals surface area contributed by atoms with Gasteiger partial charge in [-0.1, -0.05) is 44.2 Å². The lowest BCUT2D eigenvalue weighted by atomic mass is 9.73. The summed E-state index contributed by atoms with van der Waals surface area (Å²) in [4.78, 5) is 11.6. The van der Waals surface area contributed by atoms with Crippen LogP contribution in [0.3, 0.4) is 0 Å². The lowest BCUT2D eigenvalue weighted by Gasteiger charge is -2.35. The van der Waals surface area contributed by atoms with Gasteiger partial charge in [-0.15, -0.1) is 0 Å². The summed E-state index contributed by atoms with van der Waals surface area (Å²) in [6, 6.07) is 17.5. The smallest absolute Gasteiger partial charge is 0.308 e. The van der Waals surface area contributed by atoms with Crippen LogP contribution in [0.25, 0.3) is 11.1 Å². The molecule has 40 heavy (non-hydrogen) atoms. The first-order valence-corrected chi connectivity index (χ1v) is 13.1. The number of carbonyl (C=O) groups excluding carboxylic acids is 1. The molecule has 0 amide bonds. The van der Waals surface area contributed by atoms with E-state index in [9.17, 15) is 9.90 Å². The third kappa shape index (κ3) is 7.81. The van der Waals surface area contributed by atoms with Crippen LogP contribution in [0.2, 0.25) is 0 Å². The molecule has 0 radical (unpaired) electrons. The third-order valence-electron chi connectivity index (χ3n) is 6.98.